The van der Waals surface area contributed by atoms with Crippen molar-refractivity contribution in [3.05, 3.63) is 57.5 Å². The average Bonchev–Trinajstić information content (AvgIpc) is 3.33. The maximum atomic E-state index is 13.1. The average molecular weight is 423 g/mol. The Morgan fingerprint density at radius 3 is 2.79 bits per heavy atom. The number of methoxy groups -OCH3 is 1. The molecule has 152 valence electrons. The van der Waals surface area contributed by atoms with Crippen molar-refractivity contribution < 1.29 is 18.4 Å². The lowest BCUT2D eigenvalue weighted by atomic mass is 10.1. The third kappa shape index (κ3) is 4.56. The van der Waals surface area contributed by atoms with Gasteiger partial charge in [0, 0.05) is 5.56 Å². The number of thioether (sulfide) groups is 1. The zero-order chi connectivity index (χ0) is 21.0. The van der Waals surface area contributed by atoms with E-state index in [0.29, 0.717) is 16.9 Å². The molecule has 3 aromatic rings. The molecule has 0 aliphatic rings. The second kappa shape index (κ2) is 8.77. The molecule has 0 unspecified atom stereocenters. The van der Waals surface area contributed by atoms with Crippen LogP contribution in [-0.2, 0) is 6.54 Å². The number of nitro groups is 1. The first-order valence-electron chi connectivity index (χ1n) is 8.09. The highest BCUT2D eigenvalue weighted by Crippen LogP contribution is 2.23. The molecule has 10 nitrogen and oxygen atoms in total. The number of alkyl halides is 2. The van der Waals surface area contributed by atoms with Gasteiger partial charge in [-0.1, -0.05) is 11.8 Å². The fourth-order valence-corrected chi connectivity index (χ4v) is 2.92. The van der Waals surface area contributed by atoms with Gasteiger partial charge in [0.05, 0.1) is 37.2 Å². The van der Waals surface area contributed by atoms with E-state index in [9.17, 15) is 18.9 Å². The maximum absolute atomic E-state index is 13.1. The van der Waals surface area contributed by atoms with Crippen molar-refractivity contribution in [2.75, 3.05) is 13.4 Å². The molecule has 0 saturated heterocycles. The Morgan fingerprint density at radius 2 is 2.17 bits per heavy atom. The van der Waals surface area contributed by atoms with Gasteiger partial charge >= 0.3 is 5.82 Å². The summed E-state index contributed by atoms with van der Waals surface area (Å²) in [6.07, 6.45) is 1.74. The van der Waals surface area contributed by atoms with Gasteiger partial charge in [-0.3, -0.25) is 0 Å². The van der Waals surface area contributed by atoms with Crippen molar-refractivity contribution in [3.63, 3.8) is 0 Å². The van der Waals surface area contributed by atoms with E-state index in [-0.39, 0.29) is 17.5 Å². The molecular formula is C16H15F2N7O3S. The van der Waals surface area contributed by atoms with Gasteiger partial charge in [-0.15, -0.1) is 10.2 Å². The standard InChI is InChI=1S/C16H15F2N7O3S/c1-28-12-4-3-10(7-11(12)9-23-6-5-13(22-23)25(26)27)8-19-24-15(14(17)18)20-21-16(24)29-2/h3-8,14H,9H2,1-2H3/b19-8-. The summed E-state index contributed by atoms with van der Waals surface area (Å²) < 4.78 is 33.9. The normalized spacial score (nSPS) is 11.5. The summed E-state index contributed by atoms with van der Waals surface area (Å²) >= 11 is 1.14. The molecule has 3 rings (SSSR count). The SMILES string of the molecule is COc1ccc(/C=N\n2c(SC)nnc2C(F)F)cc1Cn1ccc([N+](=O)[O-])n1. The number of rotatable bonds is 8. The zero-order valence-electron chi connectivity index (χ0n) is 15.3. The number of hydrogen-bond donors (Lipinski definition) is 0. The smallest absolute Gasteiger partial charge is 0.389 e. The summed E-state index contributed by atoms with van der Waals surface area (Å²) in [7, 11) is 1.49. The van der Waals surface area contributed by atoms with E-state index in [0.717, 1.165) is 16.4 Å². The molecule has 2 aromatic heterocycles. The van der Waals surface area contributed by atoms with Crippen LogP contribution in [0.4, 0.5) is 14.6 Å². The Hall–Kier alpha value is -3.35. The first-order chi connectivity index (χ1) is 13.9. The fourth-order valence-electron chi connectivity index (χ4n) is 2.49. The highest BCUT2D eigenvalue weighted by atomic mass is 32.2. The summed E-state index contributed by atoms with van der Waals surface area (Å²) in [5, 5.41) is 26.1. The predicted octanol–water partition coefficient (Wildman–Crippen LogP) is 2.98. The molecule has 0 spiro atoms. The zero-order valence-corrected chi connectivity index (χ0v) is 16.1. The summed E-state index contributed by atoms with van der Waals surface area (Å²) in [6.45, 7) is 0.212. The Balaban J connectivity index is 1.89. The molecule has 1 aromatic carbocycles. The van der Waals surface area contributed by atoms with Gasteiger partial charge in [-0.25, -0.2) is 8.78 Å². The highest BCUT2D eigenvalue weighted by Gasteiger charge is 2.19. The van der Waals surface area contributed by atoms with Crippen LogP contribution in [0.25, 0.3) is 0 Å². The van der Waals surface area contributed by atoms with Gasteiger partial charge in [0.15, 0.2) is 0 Å². The van der Waals surface area contributed by atoms with E-state index >= 15 is 0 Å². The van der Waals surface area contributed by atoms with Crippen LogP contribution in [0.5, 0.6) is 5.75 Å². The Labute approximate surface area is 167 Å². The van der Waals surface area contributed by atoms with Crippen LogP contribution >= 0.6 is 11.8 Å². The first-order valence-corrected chi connectivity index (χ1v) is 9.32. The Morgan fingerprint density at radius 1 is 1.38 bits per heavy atom. The van der Waals surface area contributed by atoms with Crippen LogP contribution in [0.1, 0.15) is 23.4 Å². The lowest BCUT2D eigenvalue weighted by molar-refractivity contribution is -0.389. The predicted molar refractivity (Wildman–Crippen MR) is 101 cm³/mol. The molecule has 29 heavy (non-hydrogen) atoms. The van der Waals surface area contributed by atoms with Crippen LogP contribution in [0, 0.1) is 10.1 Å². The van der Waals surface area contributed by atoms with E-state index in [2.05, 4.69) is 20.4 Å². The number of ether oxygens (including phenoxy) is 1. The number of benzene rings is 1. The quantitative estimate of drug-likeness (QED) is 0.237. The molecule has 0 atom stereocenters. The number of hydrogen-bond acceptors (Lipinski definition) is 8. The topological polar surface area (TPSA) is 113 Å². The molecule has 0 amide bonds. The minimum atomic E-state index is -2.82. The number of nitrogens with zero attached hydrogens (tertiary/aromatic N) is 7. The third-order valence-corrected chi connectivity index (χ3v) is 4.41. The van der Waals surface area contributed by atoms with Gasteiger partial charge in [0.2, 0.25) is 11.0 Å². The van der Waals surface area contributed by atoms with Crippen molar-refractivity contribution in [1.29, 1.82) is 0 Å². The van der Waals surface area contributed by atoms with Crippen molar-refractivity contribution in [3.8, 4) is 5.75 Å². The van der Waals surface area contributed by atoms with Crippen molar-refractivity contribution in [2.24, 2.45) is 5.10 Å². The van der Waals surface area contributed by atoms with Gasteiger partial charge in [-0.05, 0) is 34.9 Å². The van der Waals surface area contributed by atoms with Crippen molar-refractivity contribution in [1.82, 2.24) is 24.7 Å². The van der Waals surface area contributed by atoms with Gasteiger partial charge < -0.3 is 14.9 Å². The molecule has 0 aliphatic carbocycles. The van der Waals surface area contributed by atoms with E-state index in [1.165, 1.54) is 30.3 Å². The molecule has 13 heteroatoms. The highest BCUT2D eigenvalue weighted by molar-refractivity contribution is 7.98. The van der Waals surface area contributed by atoms with Crippen LogP contribution in [0.15, 0.2) is 40.7 Å². The number of halogens is 2. The van der Waals surface area contributed by atoms with E-state index < -0.39 is 17.2 Å². The van der Waals surface area contributed by atoms with Gasteiger partial charge in [-0.2, -0.15) is 14.5 Å². The fraction of sp³-hybridized carbons (Fsp3) is 0.250. The minimum Gasteiger partial charge on any atom is -0.496 e. The minimum absolute atomic E-state index is 0.212. The van der Waals surface area contributed by atoms with E-state index in [4.69, 9.17) is 4.74 Å². The van der Waals surface area contributed by atoms with Crippen LogP contribution in [0.2, 0.25) is 0 Å². The monoisotopic (exact) mass is 423 g/mol. The molecule has 0 N–H and O–H groups in total. The van der Waals surface area contributed by atoms with Gasteiger partial charge in [0.25, 0.3) is 6.43 Å². The lowest BCUT2D eigenvalue weighted by Crippen LogP contribution is -2.04. The van der Waals surface area contributed by atoms with Crippen LogP contribution < -0.4 is 4.74 Å². The van der Waals surface area contributed by atoms with Crippen molar-refractivity contribution in [2.45, 2.75) is 18.1 Å². The van der Waals surface area contributed by atoms with Crippen molar-refractivity contribution >= 4 is 23.8 Å². The lowest BCUT2D eigenvalue weighted by Gasteiger charge is -2.08. The van der Waals surface area contributed by atoms with Gasteiger partial charge in [0.1, 0.15) is 5.75 Å². The molecule has 2 heterocycles. The molecule has 0 saturated carbocycles. The molecule has 0 bridgehead atoms. The molecule has 0 radical (unpaired) electrons. The Kier molecular flexibility index (Phi) is 6.16. The molecule has 0 aliphatic heterocycles. The van der Waals surface area contributed by atoms with E-state index in [1.807, 2.05) is 0 Å². The third-order valence-electron chi connectivity index (χ3n) is 3.79. The largest absolute Gasteiger partial charge is 0.496 e. The summed E-state index contributed by atoms with van der Waals surface area (Å²) in [4.78, 5) is 10.2. The summed E-state index contributed by atoms with van der Waals surface area (Å²) in [6, 6.07) is 6.40. The summed E-state index contributed by atoms with van der Waals surface area (Å²) in [5.41, 5.74) is 1.28. The second-order valence-corrected chi connectivity index (χ2v) is 6.38. The second-order valence-electron chi connectivity index (χ2n) is 5.60. The van der Waals surface area contributed by atoms with Crippen LogP contribution in [0.3, 0.4) is 0 Å². The molecular weight excluding hydrogens is 408 g/mol. The summed E-state index contributed by atoms with van der Waals surface area (Å²) in [5.74, 6) is -0.274. The van der Waals surface area contributed by atoms with Crippen LogP contribution in [-0.4, -0.2) is 49.2 Å². The first kappa shape index (κ1) is 20.4. The number of aromatic nitrogens is 5. The maximum Gasteiger partial charge on any atom is 0.389 e. The van der Waals surface area contributed by atoms with E-state index in [1.54, 1.807) is 24.5 Å². The molecule has 0 fully saturated rings. The Bertz CT molecular complexity index is 1050.